The number of fused-ring (bicyclic) bond motifs is 1. The van der Waals surface area contributed by atoms with Gasteiger partial charge in [0.05, 0.1) is 11.6 Å². The lowest BCUT2D eigenvalue weighted by atomic mass is 10.0. The molecule has 0 saturated carbocycles. The van der Waals surface area contributed by atoms with Gasteiger partial charge in [0.25, 0.3) is 0 Å². The smallest absolute Gasteiger partial charge is 0.133 e. The molecule has 2 aromatic carbocycles. The third-order valence-corrected chi connectivity index (χ3v) is 4.16. The number of methoxy groups -OCH3 is 1. The summed E-state index contributed by atoms with van der Waals surface area (Å²) in [5.41, 5.74) is 1.96. The van der Waals surface area contributed by atoms with E-state index in [1.807, 2.05) is 42.5 Å². The maximum atomic E-state index is 10.5. The summed E-state index contributed by atoms with van der Waals surface area (Å²) in [5.74, 6) is 1.61. The van der Waals surface area contributed by atoms with Crippen molar-refractivity contribution in [2.24, 2.45) is 0 Å². The van der Waals surface area contributed by atoms with Gasteiger partial charge >= 0.3 is 0 Å². The molecule has 0 fully saturated rings. The molecule has 20 heavy (non-hydrogen) atoms. The maximum Gasteiger partial charge on any atom is 0.133 e. The Labute approximate surface area is 126 Å². The van der Waals surface area contributed by atoms with E-state index in [1.165, 1.54) is 0 Å². The molecule has 0 amide bonds. The number of benzene rings is 2. The Bertz CT molecular complexity index is 602. The Balaban J connectivity index is 1.81. The second kappa shape index (κ2) is 5.46. The van der Waals surface area contributed by atoms with E-state index >= 15 is 0 Å². The lowest BCUT2D eigenvalue weighted by Crippen LogP contribution is -2.23. The molecule has 0 bridgehead atoms. The predicted molar refractivity (Wildman–Crippen MR) is 80.2 cm³/mol. The average Bonchev–Trinajstić information content (AvgIpc) is 2.90. The molecule has 1 aliphatic heterocycles. The summed E-state index contributed by atoms with van der Waals surface area (Å²) >= 11 is 3.44. The number of ether oxygens (including phenoxy) is 2. The lowest BCUT2D eigenvalue weighted by Gasteiger charge is -2.19. The number of aliphatic hydroxyl groups is 1. The van der Waals surface area contributed by atoms with Crippen molar-refractivity contribution in [1.82, 2.24) is 0 Å². The van der Waals surface area contributed by atoms with Crippen LogP contribution in [0, 0.1) is 0 Å². The largest absolute Gasteiger partial charge is 0.496 e. The molecule has 4 heteroatoms. The van der Waals surface area contributed by atoms with Crippen LogP contribution in [0.2, 0.25) is 0 Å². The third kappa shape index (κ3) is 2.41. The van der Waals surface area contributed by atoms with Crippen LogP contribution < -0.4 is 9.47 Å². The first-order valence-corrected chi connectivity index (χ1v) is 7.24. The van der Waals surface area contributed by atoms with E-state index in [4.69, 9.17) is 9.47 Å². The zero-order chi connectivity index (χ0) is 14.1. The molecule has 1 N–H and O–H groups in total. The molecular formula is C16H15BrO3. The molecule has 2 unspecified atom stereocenters. The molecule has 104 valence electrons. The molecule has 0 saturated heterocycles. The fourth-order valence-corrected chi connectivity index (χ4v) is 3.02. The maximum absolute atomic E-state index is 10.5. The van der Waals surface area contributed by atoms with E-state index in [2.05, 4.69) is 15.9 Å². The molecule has 2 aromatic rings. The van der Waals surface area contributed by atoms with Crippen molar-refractivity contribution in [2.75, 3.05) is 7.11 Å². The highest BCUT2D eigenvalue weighted by Crippen LogP contribution is 2.35. The standard InChI is InChI=1S/C16H15BrO3/c1-19-14-7-6-11(8-12(14)17)16(18)15-9-10-4-2-3-5-13(10)20-15/h2-8,15-16,18H,9H2,1H3. The first kappa shape index (κ1) is 13.5. The normalized spacial score (nSPS) is 18.2. The Hall–Kier alpha value is -1.52. The number of halogens is 1. The van der Waals surface area contributed by atoms with Crippen LogP contribution in [-0.2, 0) is 6.42 Å². The monoisotopic (exact) mass is 334 g/mol. The zero-order valence-corrected chi connectivity index (χ0v) is 12.6. The second-order valence-corrected chi connectivity index (χ2v) is 5.66. The minimum absolute atomic E-state index is 0.243. The van der Waals surface area contributed by atoms with Crippen LogP contribution in [0.15, 0.2) is 46.9 Å². The molecule has 0 spiro atoms. The highest BCUT2D eigenvalue weighted by molar-refractivity contribution is 9.10. The number of hydrogen-bond donors (Lipinski definition) is 1. The summed E-state index contributed by atoms with van der Waals surface area (Å²) in [6.45, 7) is 0. The average molecular weight is 335 g/mol. The van der Waals surface area contributed by atoms with Gasteiger partial charge in [0.1, 0.15) is 23.7 Å². The number of rotatable bonds is 3. The van der Waals surface area contributed by atoms with Crippen LogP contribution in [0.25, 0.3) is 0 Å². The van der Waals surface area contributed by atoms with Gasteiger partial charge < -0.3 is 14.6 Å². The minimum Gasteiger partial charge on any atom is -0.496 e. The quantitative estimate of drug-likeness (QED) is 0.933. The Morgan fingerprint density at radius 2 is 2.10 bits per heavy atom. The van der Waals surface area contributed by atoms with E-state index < -0.39 is 6.10 Å². The van der Waals surface area contributed by atoms with Gasteiger partial charge in [-0.25, -0.2) is 0 Å². The van der Waals surface area contributed by atoms with Crippen LogP contribution >= 0.6 is 15.9 Å². The SMILES string of the molecule is COc1ccc(C(O)C2Cc3ccccc3O2)cc1Br. The fourth-order valence-electron chi connectivity index (χ4n) is 2.47. The van der Waals surface area contributed by atoms with Gasteiger partial charge in [-0.2, -0.15) is 0 Å². The molecule has 2 atom stereocenters. The molecule has 1 aliphatic rings. The highest BCUT2D eigenvalue weighted by atomic mass is 79.9. The summed E-state index contributed by atoms with van der Waals surface area (Å²) in [5, 5.41) is 10.5. The summed E-state index contributed by atoms with van der Waals surface area (Å²) in [6.07, 6.45) is -0.182. The van der Waals surface area contributed by atoms with Gasteiger partial charge in [0.15, 0.2) is 0 Å². The molecule has 3 nitrogen and oxygen atoms in total. The van der Waals surface area contributed by atoms with Gasteiger partial charge in [0.2, 0.25) is 0 Å². The Morgan fingerprint density at radius 1 is 1.30 bits per heavy atom. The minimum atomic E-state index is -0.662. The first-order valence-electron chi connectivity index (χ1n) is 6.45. The van der Waals surface area contributed by atoms with E-state index in [0.29, 0.717) is 0 Å². The van der Waals surface area contributed by atoms with E-state index in [-0.39, 0.29) is 6.10 Å². The van der Waals surface area contributed by atoms with Crippen molar-refractivity contribution < 1.29 is 14.6 Å². The van der Waals surface area contributed by atoms with E-state index in [1.54, 1.807) is 7.11 Å². The van der Waals surface area contributed by atoms with E-state index in [9.17, 15) is 5.11 Å². The Morgan fingerprint density at radius 3 is 2.80 bits per heavy atom. The van der Waals surface area contributed by atoms with Gasteiger partial charge in [-0.05, 0) is 45.3 Å². The first-order chi connectivity index (χ1) is 9.69. The number of hydrogen-bond acceptors (Lipinski definition) is 3. The zero-order valence-electron chi connectivity index (χ0n) is 11.0. The number of aliphatic hydroxyl groups excluding tert-OH is 1. The van der Waals surface area contributed by atoms with Crippen LogP contribution in [0.1, 0.15) is 17.2 Å². The van der Waals surface area contributed by atoms with Gasteiger partial charge in [0, 0.05) is 6.42 Å². The summed E-state index contributed by atoms with van der Waals surface area (Å²) in [4.78, 5) is 0. The van der Waals surface area contributed by atoms with Crippen molar-refractivity contribution in [3.05, 3.63) is 58.1 Å². The van der Waals surface area contributed by atoms with Crippen LogP contribution in [0.5, 0.6) is 11.5 Å². The molecular weight excluding hydrogens is 320 g/mol. The molecule has 1 heterocycles. The summed E-state index contributed by atoms with van der Waals surface area (Å²) in [7, 11) is 1.62. The second-order valence-electron chi connectivity index (χ2n) is 4.81. The summed E-state index contributed by atoms with van der Waals surface area (Å²) in [6, 6.07) is 13.5. The lowest BCUT2D eigenvalue weighted by molar-refractivity contribution is 0.0491. The molecule has 0 aliphatic carbocycles. The fraction of sp³-hybridized carbons (Fsp3) is 0.250. The highest BCUT2D eigenvalue weighted by Gasteiger charge is 2.30. The van der Waals surface area contributed by atoms with Crippen LogP contribution in [0.4, 0.5) is 0 Å². The van der Waals surface area contributed by atoms with Crippen LogP contribution in [0.3, 0.4) is 0 Å². The van der Waals surface area contributed by atoms with Crippen molar-refractivity contribution in [2.45, 2.75) is 18.6 Å². The van der Waals surface area contributed by atoms with Gasteiger partial charge in [-0.3, -0.25) is 0 Å². The van der Waals surface area contributed by atoms with E-state index in [0.717, 1.165) is 33.5 Å². The third-order valence-electron chi connectivity index (χ3n) is 3.54. The van der Waals surface area contributed by atoms with Gasteiger partial charge in [-0.15, -0.1) is 0 Å². The molecule has 0 radical (unpaired) electrons. The topological polar surface area (TPSA) is 38.7 Å². The van der Waals surface area contributed by atoms with Gasteiger partial charge in [-0.1, -0.05) is 24.3 Å². The van der Waals surface area contributed by atoms with Crippen molar-refractivity contribution >= 4 is 15.9 Å². The predicted octanol–water partition coefficient (Wildman–Crippen LogP) is 3.49. The van der Waals surface area contributed by atoms with Crippen molar-refractivity contribution in [3.63, 3.8) is 0 Å². The molecule has 3 rings (SSSR count). The summed E-state index contributed by atoms with van der Waals surface area (Å²) < 4.78 is 11.8. The Kier molecular flexibility index (Phi) is 3.68. The van der Waals surface area contributed by atoms with Crippen molar-refractivity contribution in [1.29, 1.82) is 0 Å². The van der Waals surface area contributed by atoms with Crippen molar-refractivity contribution in [3.8, 4) is 11.5 Å². The van der Waals surface area contributed by atoms with Crippen LogP contribution in [-0.4, -0.2) is 18.3 Å². The molecule has 0 aromatic heterocycles. The number of para-hydroxylation sites is 1.